The van der Waals surface area contributed by atoms with E-state index in [0.717, 1.165) is 4.90 Å². The van der Waals surface area contributed by atoms with Gasteiger partial charge < -0.3 is 9.47 Å². The lowest BCUT2D eigenvalue weighted by molar-refractivity contribution is -0.000242. The second-order valence-corrected chi connectivity index (χ2v) is 7.33. The smallest absolute Gasteiger partial charge is 0.420 e. The molecule has 1 rings (SSSR count). The van der Waals surface area contributed by atoms with Gasteiger partial charge in [0.2, 0.25) is 0 Å². The Hall–Kier alpha value is -2.55. The van der Waals surface area contributed by atoms with Crippen LogP contribution in [0.25, 0.3) is 4.85 Å². The summed E-state index contributed by atoms with van der Waals surface area (Å²) in [6, 6.07) is 6.64. The highest BCUT2D eigenvalue weighted by Gasteiger charge is 2.31. The fourth-order valence-corrected chi connectivity index (χ4v) is 1.70. The molecule has 2 amide bonds. The standard InChI is InChI=1S/C18H24N2O4/c1-17(2,3)23-15(21)20(16(22)24-18(4,5)6)12-13-8-10-14(19-7)11-9-13/h8-11H,12H2,1-6H3. The number of hydrogen-bond acceptors (Lipinski definition) is 4. The second-order valence-electron chi connectivity index (χ2n) is 7.33. The van der Waals surface area contributed by atoms with Gasteiger partial charge in [0, 0.05) is 0 Å². The van der Waals surface area contributed by atoms with E-state index in [2.05, 4.69) is 4.85 Å². The fraction of sp³-hybridized carbons (Fsp3) is 0.500. The van der Waals surface area contributed by atoms with E-state index < -0.39 is 23.4 Å². The van der Waals surface area contributed by atoms with Crippen molar-refractivity contribution in [1.29, 1.82) is 0 Å². The summed E-state index contributed by atoms with van der Waals surface area (Å²) in [6.45, 7) is 17.3. The van der Waals surface area contributed by atoms with Gasteiger partial charge in [-0.3, -0.25) is 0 Å². The minimum absolute atomic E-state index is 0.00209. The highest BCUT2D eigenvalue weighted by atomic mass is 16.6. The van der Waals surface area contributed by atoms with Gasteiger partial charge in [-0.2, -0.15) is 0 Å². The lowest BCUT2D eigenvalue weighted by Gasteiger charge is -2.28. The third-order valence-electron chi connectivity index (χ3n) is 2.63. The van der Waals surface area contributed by atoms with Gasteiger partial charge in [-0.15, -0.1) is 0 Å². The van der Waals surface area contributed by atoms with E-state index >= 15 is 0 Å². The van der Waals surface area contributed by atoms with Crippen molar-refractivity contribution in [1.82, 2.24) is 4.90 Å². The molecule has 24 heavy (non-hydrogen) atoms. The zero-order chi connectivity index (χ0) is 18.5. The van der Waals surface area contributed by atoms with Gasteiger partial charge in [-0.05, 0) is 47.1 Å². The zero-order valence-corrected chi connectivity index (χ0v) is 15.0. The SMILES string of the molecule is [C-]#[N+]c1ccc(CN(C(=O)OC(C)(C)C)C(=O)OC(C)(C)C)cc1. The number of rotatable bonds is 2. The van der Waals surface area contributed by atoms with Crippen molar-refractivity contribution >= 4 is 17.9 Å². The number of imide groups is 1. The van der Waals surface area contributed by atoms with Crippen LogP contribution in [-0.2, 0) is 16.0 Å². The van der Waals surface area contributed by atoms with Crippen LogP contribution in [-0.4, -0.2) is 28.3 Å². The van der Waals surface area contributed by atoms with Crippen molar-refractivity contribution in [2.24, 2.45) is 0 Å². The quantitative estimate of drug-likeness (QED) is 0.722. The van der Waals surface area contributed by atoms with Gasteiger partial charge in [0.15, 0.2) is 5.69 Å². The molecule has 0 radical (unpaired) electrons. The Balaban J connectivity index is 3.01. The van der Waals surface area contributed by atoms with E-state index in [-0.39, 0.29) is 6.54 Å². The summed E-state index contributed by atoms with van der Waals surface area (Å²) in [7, 11) is 0. The van der Waals surface area contributed by atoms with Crippen LogP contribution >= 0.6 is 0 Å². The average Bonchev–Trinajstić information content (AvgIpc) is 2.41. The molecule has 1 aromatic rings. The van der Waals surface area contributed by atoms with Crippen molar-refractivity contribution in [2.75, 3.05) is 0 Å². The Labute approximate surface area is 143 Å². The molecule has 0 aliphatic heterocycles. The molecular formula is C18H24N2O4. The molecule has 0 aromatic heterocycles. The fourth-order valence-electron chi connectivity index (χ4n) is 1.70. The Kier molecular flexibility index (Phi) is 5.97. The van der Waals surface area contributed by atoms with Gasteiger partial charge in [0.05, 0.1) is 13.1 Å². The van der Waals surface area contributed by atoms with Crippen LogP contribution in [0, 0.1) is 6.57 Å². The molecule has 0 heterocycles. The molecule has 0 fully saturated rings. The maximum atomic E-state index is 12.4. The average molecular weight is 332 g/mol. The molecule has 6 heteroatoms. The Morgan fingerprint density at radius 3 is 1.71 bits per heavy atom. The Morgan fingerprint density at radius 1 is 0.958 bits per heavy atom. The first kappa shape index (κ1) is 19.5. The normalized spacial score (nSPS) is 11.4. The molecule has 0 saturated heterocycles. The number of amides is 2. The first-order valence-corrected chi connectivity index (χ1v) is 7.61. The molecule has 0 saturated carbocycles. The van der Waals surface area contributed by atoms with Crippen LogP contribution in [0.1, 0.15) is 47.1 Å². The summed E-state index contributed by atoms with van der Waals surface area (Å²) in [5, 5.41) is 0. The van der Waals surface area contributed by atoms with Crippen molar-refractivity contribution in [3.63, 3.8) is 0 Å². The summed E-state index contributed by atoms with van der Waals surface area (Å²) in [5.74, 6) is 0. The van der Waals surface area contributed by atoms with Crippen molar-refractivity contribution in [2.45, 2.75) is 59.3 Å². The van der Waals surface area contributed by atoms with E-state index in [1.165, 1.54) is 0 Å². The molecule has 0 aliphatic rings. The molecule has 0 bridgehead atoms. The predicted molar refractivity (Wildman–Crippen MR) is 90.7 cm³/mol. The monoisotopic (exact) mass is 332 g/mol. The summed E-state index contributed by atoms with van der Waals surface area (Å²) in [4.78, 5) is 29.0. The van der Waals surface area contributed by atoms with Gasteiger partial charge in [0.1, 0.15) is 11.2 Å². The Morgan fingerprint density at radius 2 is 1.38 bits per heavy atom. The predicted octanol–water partition coefficient (Wildman–Crippen LogP) is 4.91. The summed E-state index contributed by atoms with van der Waals surface area (Å²) in [5.41, 5.74) is -0.282. The molecule has 6 nitrogen and oxygen atoms in total. The van der Waals surface area contributed by atoms with Crippen LogP contribution < -0.4 is 0 Å². The van der Waals surface area contributed by atoms with Gasteiger partial charge >= 0.3 is 12.2 Å². The maximum absolute atomic E-state index is 12.4. The number of carbonyl (C=O) groups excluding carboxylic acids is 2. The molecule has 130 valence electrons. The summed E-state index contributed by atoms with van der Waals surface area (Å²) < 4.78 is 10.6. The topological polar surface area (TPSA) is 60.2 Å². The summed E-state index contributed by atoms with van der Waals surface area (Å²) >= 11 is 0. The highest BCUT2D eigenvalue weighted by molar-refractivity contribution is 5.88. The molecule has 0 atom stereocenters. The number of ether oxygens (including phenoxy) is 2. The lowest BCUT2D eigenvalue weighted by atomic mass is 10.2. The van der Waals surface area contributed by atoms with E-state index in [1.54, 1.807) is 65.8 Å². The minimum Gasteiger partial charge on any atom is -0.443 e. The lowest BCUT2D eigenvalue weighted by Crippen LogP contribution is -2.43. The van der Waals surface area contributed by atoms with E-state index in [1.807, 2.05) is 0 Å². The second kappa shape index (κ2) is 7.35. The van der Waals surface area contributed by atoms with E-state index in [4.69, 9.17) is 16.0 Å². The molecule has 0 aliphatic carbocycles. The largest absolute Gasteiger partial charge is 0.443 e. The first-order chi connectivity index (χ1) is 10.9. The van der Waals surface area contributed by atoms with Gasteiger partial charge in [0.25, 0.3) is 0 Å². The van der Waals surface area contributed by atoms with Crippen LogP contribution in [0.4, 0.5) is 15.3 Å². The maximum Gasteiger partial charge on any atom is 0.420 e. The third-order valence-corrected chi connectivity index (χ3v) is 2.63. The van der Waals surface area contributed by atoms with Gasteiger partial charge in [-0.1, -0.05) is 24.3 Å². The minimum atomic E-state index is -0.772. The molecule has 0 N–H and O–H groups in total. The number of hydrogen-bond donors (Lipinski definition) is 0. The molecular weight excluding hydrogens is 308 g/mol. The van der Waals surface area contributed by atoms with E-state index in [9.17, 15) is 9.59 Å². The van der Waals surface area contributed by atoms with Crippen LogP contribution in [0.5, 0.6) is 0 Å². The van der Waals surface area contributed by atoms with Crippen molar-refractivity contribution in [3.05, 3.63) is 41.2 Å². The molecule has 0 unspecified atom stereocenters. The highest BCUT2D eigenvalue weighted by Crippen LogP contribution is 2.19. The third kappa shape index (κ3) is 6.69. The number of carbonyl (C=O) groups is 2. The first-order valence-electron chi connectivity index (χ1n) is 7.61. The summed E-state index contributed by atoms with van der Waals surface area (Å²) in [6.07, 6.45) is -1.54. The molecule has 0 spiro atoms. The van der Waals surface area contributed by atoms with Crippen LogP contribution in [0.15, 0.2) is 24.3 Å². The number of benzene rings is 1. The van der Waals surface area contributed by atoms with Gasteiger partial charge in [-0.25, -0.2) is 19.3 Å². The van der Waals surface area contributed by atoms with Crippen LogP contribution in [0.2, 0.25) is 0 Å². The van der Waals surface area contributed by atoms with E-state index in [0.29, 0.717) is 11.3 Å². The van der Waals surface area contributed by atoms with Crippen molar-refractivity contribution in [3.8, 4) is 0 Å². The number of nitrogens with zero attached hydrogens (tertiary/aromatic N) is 2. The Bertz CT molecular complexity index is 603. The zero-order valence-electron chi connectivity index (χ0n) is 15.0. The van der Waals surface area contributed by atoms with Crippen molar-refractivity contribution < 1.29 is 19.1 Å². The van der Waals surface area contributed by atoms with Crippen LogP contribution in [0.3, 0.4) is 0 Å². The molecule has 1 aromatic carbocycles.